The Kier molecular flexibility index (Phi) is 7.50. The van der Waals surface area contributed by atoms with Crippen molar-refractivity contribution in [1.29, 1.82) is 0 Å². The number of alkyl carbamates (subject to hydrolysis) is 1. The molecule has 124 valence electrons. The zero-order valence-electron chi connectivity index (χ0n) is 14.5. The highest BCUT2D eigenvalue weighted by molar-refractivity contribution is 5.67. The second-order valence-electron chi connectivity index (χ2n) is 7.45. The Morgan fingerprint density at radius 3 is 2.62 bits per heavy atom. The van der Waals surface area contributed by atoms with E-state index in [-0.39, 0.29) is 6.09 Å². The van der Waals surface area contributed by atoms with E-state index in [1.807, 2.05) is 20.8 Å². The predicted molar refractivity (Wildman–Crippen MR) is 87.4 cm³/mol. The van der Waals surface area contributed by atoms with Gasteiger partial charge in [-0.25, -0.2) is 4.79 Å². The third kappa shape index (κ3) is 7.70. The van der Waals surface area contributed by atoms with Crippen LogP contribution in [0.15, 0.2) is 0 Å². The second kappa shape index (κ2) is 8.62. The largest absolute Gasteiger partial charge is 0.444 e. The van der Waals surface area contributed by atoms with Crippen LogP contribution in [0.3, 0.4) is 0 Å². The maximum atomic E-state index is 11.8. The molecule has 4 heteroatoms. The fourth-order valence-corrected chi connectivity index (χ4v) is 2.88. The van der Waals surface area contributed by atoms with Crippen LogP contribution >= 0.6 is 0 Å². The standard InChI is InChI=1S/C17H34N2O2/c1-6-13(2)11-14(15-9-7-8-10-18-15)12-19-16(20)21-17(3,4)5/h13-15,18H,6-12H2,1-5H3,(H,19,20)/t13-,14+,15+/m0/s1. The van der Waals surface area contributed by atoms with Crippen LogP contribution in [-0.2, 0) is 4.74 Å². The molecule has 0 bridgehead atoms. The van der Waals surface area contributed by atoms with Gasteiger partial charge in [-0.3, -0.25) is 0 Å². The van der Waals surface area contributed by atoms with Gasteiger partial charge in [-0.2, -0.15) is 0 Å². The number of piperidine rings is 1. The molecule has 0 saturated carbocycles. The van der Waals surface area contributed by atoms with E-state index < -0.39 is 5.60 Å². The maximum Gasteiger partial charge on any atom is 0.407 e. The highest BCUT2D eigenvalue weighted by Crippen LogP contribution is 2.23. The Morgan fingerprint density at radius 1 is 1.38 bits per heavy atom. The minimum Gasteiger partial charge on any atom is -0.444 e. The molecule has 0 spiro atoms. The first-order valence-electron chi connectivity index (χ1n) is 8.52. The second-order valence-corrected chi connectivity index (χ2v) is 7.45. The third-order valence-electron chi connectivity index (χ3n) is 4.23. The van der Waals surface area contributed by atoms with Crippen molar-refractivity contribution in [1.82, 2.24) is 10.6 Å². The Hall–Kier alpha value is -0.770. The summed E-state index contributed by atoms with van der Waals surface area (Å²) in [6.07, 6.45) is 5.83. The molecule has 1 aliphatic heterocycles. The highest BCUT2D eigenvalue weighted by atomic mass is 16.6. The molecule has 0 aromatic heterocycles. The molecule has 1 amide bonds. The lowest BCUT2D eigenvalue weighted by molar-refractivity contribution is 0.0510. The van der Waals surface area contributed by atoms with Crippen LogP contribution in [0.25, 0.3) is 0 Å². The van der Waals surface area contributed by atoms with Gasteiger partial charge in [0.2, 0.25) is 0 Å². The van der Waals surface area contributed by atoms with Crippen molar-refractivity contribution in [2.45, 2.75) is 78.4 Å². The van der Waals surface area contributed by atoms with E-state index in [1.54, 1.807) is 0 Å². The fraction of sp³-hybridized carbons (Fsp3) is 0.941. The van der Waals surface area contributed by atoms with Crippen LogP contribution in [0.2, 0.25) is 0 Å². The van der Waals surface area contributed by atoms with Crippen molar-refractivity contribution in [2.75, 3.05) is 13.1 Å². The summed E-state index contributed by atoms with van der Waals surface area (Å²) in [5, 5.41) is 6.59. The average molecular weight is 298 g/mol. The Bertz CT molecular complexity index is 306. The number of hydrogen-bond donors (Lipinski definition) is 2. The monoisotopic (exact) mass is 298 g/mol. The Labute approximate surface area is 130 Å². The summed E-state index contributed by atoms with van der Waals surface area (Å²) >= 11 is 0. The number of carbonyl (C=O) groups excluding carboxylic acids is 1. The minimum atomic E-state index is -0.431. The summed E-state index contributed by atoms with van der Waals surface area (Å²) in [5.74, 6) is 1.19. The van der Waals surface area contributed by atoms with Crippen molar-refractivity contribution in [3.8, 4) is 0 Å². The van der Waals surface area contributed by atoms with Gasteiger partial charge >= 0.3 is 6.09 Å². The number of hydrogen-bond acceptors (Lipinski definition) is 3. The first-order valence-corrected chi connectivity index (χ1v) is 8.52. The van der Waals surface area contributed by atoms with Crippen molar-refractivity contribution >= 4 is 6.09 Å². The molecule has 1 heterocycles. The van der Waals surface area contributed by atoms with Crippen LogP contribution in [0, 0.1) is 11.8 Å². The molecule has 0 aromatic rings. The third-order valence-corrected chi connectivity index (χ3v) is 4.23. The van der Waals surface area contributed by atoms with E-state index in [1.165, 1.54) is 25.7 Å². The highest BCUT2D eigenvalue weighted by Gasteiger charge is 2.26. The maximum absolute atomic E-state index is 11.8. The lowest BCUT2D eigenvalue weighted by Gasteiger charge is -2.33. The van der Waals surface area contributed by atoms with Gasteiger partial charge < -0.3 is 15.4 Å². The first-order chi connectivity index (χ1) is 9.81. The number of nitrogens with one attached hydrogen (secondary N) is 2. The van der Waals surface area contributed by atoms with Crippen molar-refractivity contribution in [3.05, 3.63) is 0 Å². The van der Waals surface area contributed by atoms with Crippen LogP contribution < -0.4 is 10.6 Å². The molecule has 1 aliphatic rings. The van der Waals surface area contributed by atoms with E-state index in [0.29, 0.717) is 24.4 Å². The number of carbonyl (C=O) groups is 1. The van der Waals surface area contributed by atoms with Crippen LogP contribution in [-0.4, -0.2) is 30.8 Å². The predicted octanol–water partition coefficient (Wildman–Crippen LogP) is 3.71. The van der Waals surface area contributed by atoms with Crippen molar-refractivity contribution in [2.24, 2.45) is 11.8 Å². The summed E-state index contributed by atoms with van der Waals surface area (Å²) < 4.78 is 5.34. The van der Waals surface area contributed by atoms with Gasteiger partial charge in [-0.05, 0) is 58.4 Å². The van der Waals surface area contributed by atoms with E-state index in [9.17, 15) is 4.79 Å². The summed E-state index contributed by atoms with van der Waals surface area (Å²) in [7, 11) is 0. The summed E-state index contributed by atoms with van der Waals surface area (Å²) in [6.45, 7) is 12.0. The SMILES string of the molecule is CC[C@H](C)C[C@H](CNC(=O)OC(C)(C)C)[C@H]1CCCCN1. The zero-order chi connectivity index (χ0) is 15.9. The quantitative estimate of drug-likeness (QED) is 0.786. The van der Waals surface area contributed by atoms with E-state index in [0.717, 1.165) is 13.0 Å². The Morgan fingerprint density at radius 2 is 2.10 bits per heavy atom. The molecule has 0 aromatic carbocycles. The average Bonchev–Trinajstić information content (AvgIpc) is 2.42. The van der Waals surface area contributed by atoms with Gasteiger partial charge in [-0.1, -0.05) is 26.7 Å². The van der Waals surface area contributed by atoms with Gasteiger partial charge in [0.15, 0.2) is 0 Å². The fourth-order valence-electron chi connectivity index (χ4n) is 2.88. The van der Waals surface area contributed by atoms with Gasteiger partial charge in [0, 0.05) is 12.6 Å². The molecule has 21 heavy (non-hydrogen) atoms. The molecule has 1 fully saturated rings. The summed E-state index contributed by atoms with van der Waals surface area (Å²) in [6, 6.07) is 0.530. The molecular formula is C17H34N2O2. The van der Waals surface area contributed by atoms with Crippen molar-refractivity contribution < 1.29 is 9.53 Å². The van der Waals surface area contributed by atoms with Crippen LogP contribution in [0.4, 0.5) is 4.79 Å². The Balaban J connectivity index is 2.49. The van der Waals surface area contributed by atoms with E-state index in [2.05, 4.69) is 24.5 Å². The first kappa shape index (κ1) is 18.3. The minimum absolute atomic E-state index is 0.299. The zero-order valence-corrected chi connectivity index (χ0v) is 14.5. The number of amides is 1. The number of ether oxygens (including phenoxy) is 1. The topological polar surface area (TPSA) is 50.4 Å². The van der Waals surface area contributed by atoms with Gasteiger partial charge in [0.1, 0.15) is 5.60 Å². The van der Waals surface area contributed by atoms with E-state index >= 15 is 0 Å². The molecule has 0 unspecified atom stereocenters. The van der Waals surface area contributed by atoms with Crippen LogP contribution in [0.1, 0.15) is 66.7 Å². The molecule has 2 N–H and O–H groups in total. The molecule has 4 nitrogen and oxygen atoms in total. The number of rotatable bonds is 6. The normalized spacial score (nSPS) is 22.4. The smallest absolute Gasteiger partial charge is 0.407 e. The molecular weight excluding hydrogens is 264 g/mol. The van der Waals surface area contributed by atoms with Gasteiger partial charge in [-0.15, -0.1) is 0 Å². The van der Waals surface area contributed by atoms with Crippen molar-refractivity contribution in [3.63, 3.8) is 0 Å². The summed E-state index contributed by atoms with van der Waals surface area (Å²) in [5.41, 5.74) is -0.431. The lowest BCUT2D eigenvalue weighted by atomic mass is 9.84. The van der Waals surface area contributed by atoms with Crippen LogP contribution in [0.5, 0.6) is 0 Å². The van der Waals surface area contributed by atoms with Gasteiger partial charge in [0.05, 0.1) is 0 Å². The molecule has 1 saturated heterocycles. The molecule has 1 rings (SSSR count). The molecule has 0 radical (unpaired) electrons. The summed E-state index contributed by atoms with van der Waals surface area (Å²) in [4.78, 5) is 11.8. The molecule has 0 aliphatic carbocycles. The molecule has 3 atom stereocenters. The van der Waals surface area contributed by atoms with E-state index in [4.69, 9.17) is 4.74 Å². The lowest BCUT2D eigenvalue weighted by Crippen LogP contribution is -2.46. The van der Waals surface area contributed by atoms with Gasteiger partial charge in [0.25, 0.3) is 0 Å².